The van der Waals surface area contributed by atoms with Crippen molar-refractivity contribution in [2.24, 2.45) is 0 Å². The first kappa shape index (κ1) is 21.2. The molecule has 0 bridgehead atoms. The third-order valence-electron chi connectivity index (χ3n) is 6.71. The monoisotopic (exact) mass is 431 g/mol. The molecule has 0 N–H and O–H groups in total. The summed E-state index contributed by atoms with van der Waals surface area (Å²) in [5, 5.41) is 0. The normalized spacial score (nSPS) is 13.0. The standard InChI is InChI=1S/C31H29NO/c1-23-15-17-24(18-16-23)22-32(29-19-26-11-5-6-12-27(26)20-29)31(33)21-28-13-7-8-14-30(28)25-9-3-2-4-10-25/h2-18,29H,19-22H2,1H3. The average Bonchev–Trinajstić information content (AvgIpc) is 3.28. The SMILES string of the molecule is Cc1ccc(CN(C(=O)Cc2ccccc2-c2ccccc2)C2Cc3ccccc3C2)cc1. The van der Waals surface area contributed by atoms with Crippen LogP contribution in [-0.4, -0.2) is 16.8 Å². The Morgan fingerprint density at radius 2 is 1.36 bits per heavy atom. The van der Waals surface area contributed by atoms with Gasteiger partial charge in [-0.3, -0.25) is 4.79 Å². The van der Waals surface area contributed by atoms with Crippen molar-refractivity contribution in [3.8, 4) is 11.1 Å². The van der Waals surface area contributed by atoms with Gasteiger partial charge in [0.05, 0.1) is 6.42 Å². The number of hydrogen-bond acceptors (Lipinski definition) is 1. The number of hydrogen-bond donors (Lipinski definition) is 0. The number of amides is 1. The van der Waals surface area contributed by atoms with E-state index in [1.165, 1.54) is 22.3 Å². The lowest BCUT2D eigenvalue weighted by molar-refractivity contribution is -0.133. The molecule has 0 atom stereocenters. The largest absolute Gasteiger partial charge is 0.334 e. The fourth-order valence-corrected chi connectivity index (χ4v) is 4.91. The molecule has 0 aliphatic heterocycles. The average molecular weight is 432 g/mol. The highest BCUT2D eigenvalue weighted by molar-refractivity contribution is 5.82. The molecular formula is C31H29NO. The third kappa shape index (κ3) is 4.75. The first-order valence-corrected chi connectivity index (χ1v) is 11.7. The lowest BCUT2D eigenvalue weighted by atomic mass is 9.97. The number of aryl methyl sites for hydroxylation is 1. The van der Waals surface area contributed by atoms with Gasteiger partial charge in [-0.15, -0.1) is 0 Å². The predicted octanol–water partition coefficient (Wildman–Crippen LogP) is 6.40. The van der Waals surface area contributed by atoms with Gasteiger partial charge in [0.1, 0.15) is 0 Å². The highest BCUT2D eigenvalue weighted by Crippen LogP contribution is 2.29. The van der Waals surface area contributed by atoms with Crippen molar-refractivity contribution in [1.29, 1.82) is 0 Å². The van der Waals surface area contributed by atoms with E-state index in [1.54, 1.807) is 0 Å². The molecule has 0 heterocycles. The van der Waals surface area contributed by atoms with Crippen molar-refractivity contribution in [1.82, 2.24) is 4.90 Å². The molecule has 1 amide bonds. The van der Waals surface area contributed by atoms with Crippen molar-refractivity contribution < 1.29 is 4.79 Å². The fourth-order valence-electron chi connectivity index (χ4n) is 4.91. The lowest BCUT2D eigenvalue weighted by Crippen LogP contribution is -2.41. The van der Waals surface area contributed by atoms with Crippen LogP contribution in [0.1, 0.15) is 27.8 Å². The quantitative estimate of drug-likeness (QED) is 0.346. The van der Waals surface area contributed by atoms with Crippen molar-refractivity contribution in [2.75, 3.05) is 0 Å². The van der Waals surface area contributed by atoms with Crippen LogP contribution in [0.5, 0.6) is 0 Å². The van der Waals surface area contributed by atoms with Gasteiger partial charge >= 0.3 is 0 Å². The number of fused-ring (bicyclic) bond motifs is 1. The van der Waals surface area contributed by atoms with Gasteiger partial charge in [-0.05, 0) is 53.1 Å². The minimum absolute atomic E-state index is 0.191. The summed E-state index contributed by atoms with van der Waals surface area (Å²) >= 11 is 0. The molecule has 2 heteroatoms. The number of benzene rings is 4. The van der Waals surface area contributed by atoms with Gasteiger partial charge in [0, 0.05) is 12.6 Å². The molecule has 33 heavy (non-hydrogen) atoms. The van der Waals surface area contributed by atoms with Crippen LogP contribution in [0.4, 0.5) is 0 Å². The van der Waals surface area contributed by atoms with Crippen LogP contribution in [0.3, 0.4) is 0 Å². The molecule has 4 aromatic carbocycles. The van der Waals surface area contributed by atoms with Crippen LogP contribution in [0, 0.1) is 6.92 Å². The first-order chi connectivity index (χ1) is 16.2. The Hall–Kier alpha value is -3.65. The Kier molecular flexibility index (Phi) is 6.08. The van der Waals surface area contributed by atoms with E-state index in [-0.39, 0.29) is 11.9 Å². The fraction of sp³-hybridized carbons (Fsp3) is 0.194. The number of carbonyl (C=O) groups is 1. The second kappa shape index (κ2) is 9.46. The molecule has 4 aromatic rings. The maximum Gasteiger partial charge on any atom is 0.227 e. The highest BCUT2D eigenvalue weighted by atomic mass is 16.2. The zero-order valence-electron chi connectivity index (χ0n) is 19.1. The summed E-state index contributed by atoms with van der Waals surface area (Å²) in [6.45, 7) is 2.74. The summed E-state index contributed by atoms with van der Waals surface area (Å²) in [5.74, 6) is 0.191. The molecular weight excluding hydrogens is 402 g/mol. The summed E-state index contributed by atoms with van der Waals surface area (Å²) in [7, 11) is 0. The predicted molar refractivity (Wildman–Crippen MR) is 135 cm³/mol. The van der Waals surface area contributed by atoms with Gasteiger partial charge in [-0.25, -0.2) is 0 Å². The maximum absolute atomic E-state index is 13.8. The van der Waals surface area contributed by atoms with Gasteiger partial charge in [0.2, 0.25) is 5.91 Å². The summed E-state index contributed by atoms with van der Waals surface area (Å²) < 4.78 is 0. The second-order valence-electron chi connectivity index (χ2n) is 9.04. The van der Waals surface area contributed by atoms with Gasteiger partial charge in [-0.1, -0.05) is 109 Å². The van der Waals surface area contributed by atoms with Crippen molar-refractivity contribution in [3.05, 3.63) is 131 Å². The van der Waals surface area contributed by atoms with Crippen molar-refractivity contribution in [3.63, 3.8) is 0 Å². The van der Waals surface area contributed by atoms with E-state index in [9.17, 15) is 4.79 Å². The molecule has 1 aliphatic rings. The minimum Gasteiger partial charge on any atom is -0.334 e. The molecule has 1 aliphatic carbocycles. The summed E-state index contributed by atoms with van der Waals surface area (Å²) in [5.41, 5.74) is 8.53. The zero-order chi connectivity index (χ0) is 22.6. The van der Waals surface area contributed by atoms with Crippen LogP contribution in [0.25, 0.3) is 11.1 Å². The number of nitrogens with zero attached hydrogens (tertiary/aromatic N) is 1. The van der Waals surface area contributed by atoms with Gasteiger partial charge in [0.15, 0.2) is 0 Å². The molecule has 0 fully saturated rings. The van der Waals surface area contributed by atoms with E-state index in [0.717, 1.165) is 29.5 Å². The van der Waals surface area contributed by atoms with Gasteiger partial charge < -0.3 is 4.90 Å². The Balaban J connectivity index is 1.43. The van der Waals surface area contributed by atoms with E-state index in [1.807, 2.05) is 30.3 Å². The van der Waals surface area contributed by atoms with E-state index in [2.05, 4.69) is 84.6 Å². The van der Waals surface area contributed by atoms with E-state index in [0.29, 0.717) is 13.0 Å². The highest BCUT2D eigenvalue weighted by Gasteiger charge is 2.30. The smallest absolute Gasteiger partial charge is 0.227 e. The molecule has 2 nitrogen and oxygen atoms in total. The lowest BCUT2D eigenvalue weighted by Gasteiger charge is -2.30. The van der Waals surface area contributed by atoms with E-state index >= 15 is 0 Å². The Morgan fingerprint density at radius 3 is 2.06 bits per heavy atom. The second-order valence-corrected chi connectivity index (χ2v) is 9.04. The maximum atomic E-state index is 13.8. The van der Waals surface area contributed by atoms with Crippen LogP contribution in [-0.2, 0) is 30.6 Å². The Morgan fingerprint density at radius 1 is 0.758 bits per heavy atom. The molecule has 0 saturated heterocycles. The van der Waals surface area contributed by atoms with Crippen LogP contribution in [0.15, 0.2) is 103 Å². The van der Waals surface area contributed by atoms with Crippen molar-refractivity contribution >= 4 is 5.91 Å². The van der Waals surface area contributed by atoms with Gasteiger partial charge in [0.25, 0.3) is 0 Å². The molecule has 0 radical (unpaired) electrons. The number of carbonyl (C=O) groups excluding carboxylic acids is 1. The van der Waals surface area contributed by atoms with Crippen LogP contribution < -0.4 is 0 Å². The Labute approximate surface area is 196 Å². The van der Waals surface area contributed by atoms with Crippen molar-refractivity contribution in [2.45, 2.75) is 38.8 Å². The molecule has 0 aromatic heterocycles. The molecule has 164 valence electrons. The van der Waals surface area contributed by atoms with E-state index < -0.39 is 0 Å². The Bertz CT molecular complexity index is 1220. The zero-order valence-corrected chi connectivity index (χ0v) is 19.1. The molecule has 5 rings (SSSR count). The summed E-state index contributed by atoms with van der Waals surface area (Å²) in [6, 6.07) is 36.0. The minimum atomic E-state index is 0.191. The third-order valence-corrected chi connectivity index (χ3v) is 6.71. The first-order valence-electron chi connectivity index (χ1n) is 11.7. The van der Waals surface area contributed by atoms with E-state index in [4.69, 9.17) is 0 Å². The summed E-state index contributed by atoms with van der Waals surface area (Å²) in [4.78, 5) is 15.9. The molecule has 0 saturated carbocycles. The van der Waals surface area contributed by atoms with Crippen LogP contribution in [0.2, 0.25) is 0 Å². The van der Waals surface area contributed by atoms with Crippen LogP contribution >= 0.6 is 0 Å². The molecule has 0 unspecified atom stereocenters. The summed E-state index contributed by atoms with van der Waals surface area (Å²) in [6.07, 6.45) is 2.26. The number of rotatable bonds is 6. The van der Waals surface area contributed by atoms with Gasteiger partial charge in [-0.2, -0.15) is 0 Å². The molecule has 0 spiro atoms. The topological polar surface area (TPSA) is 20.3 Å².